The van der Waals surface area contributed by atoms with E-state index in [0.717, 1.165) is 6.42 Å². The Balaban J connectivity index is 1.28. The molecule has 0 aliphatic carbocycles. The number of amides is 2. The van der Waals surface area contributed by atoms with Crippen LogP contribution < -0.4 is 10.6 Å². The van der Waals surface area contributed by atoms with Crippen LogP contribution in [0.15, 0.2) is 48.5 Å². The number of rotatable bonds is 5. The normalized spacial score (nSPS) is 20.1. The van der Waals surface area contributed by atoms with E-state index in [1.54, 1.807) is 29.2 Å². The SMILES string of the molecule is O=C(NCC(O)C1Cc2ccccc2CN1)c1ccc(C(=O)N2CCC(O)CC2)cc1. The first-order chi connectivity index (χ1) is 15.0. The van der Waals surface area contributed by atoms with Crippen molar-refractivity contribution in [1.29, 1.82) is 0 Å². The first-order valence-electron chi connectivity index (χ1n) is 10.8. The lowest BCUT2D eigenvalue weighted by Gasteiger charge is -2.30. The van der Waals surface area contributed by atoms with Crippen molar-refractivity contribution in [2.24, 2.45) is 0 Å². The number of likely N-dealkylation sites (tertiary alicyclic amines) is 1. The molecule has 0 radical (unpaired) electrons. The minimum atomic E-state index is -0.701. The summed E-state index contributed by atoms with van der Waals surface area (Å²) >= 11 is 0. The summed E-state index contributed by atoms with van der Waals surface area (Å²) in [6, 6.07) is 14.6. The van der Waals surface area contributed by atoms with Crippen molar-refractivity contribution in [1.82, 2.24) is 15.5 Å². The quantitative estimate of drug-likeness (QED) is 0.577. The number of hydrogen-bond acceptors (Lipinski definition) is 5. The average Bonchev–Trinajstić information content (AvgIpc) is 2.82. The van der Waals surface area contributed by atoms with Crippen molar-refractivity contribution in [3.8, 4) is 0 Å². The van der Waals surface area contributed by atoms with Crippen LogP contribution in [0.5, 0.6) is 0 Å². The smallest absolute Gasteiger partial charge is 0.253 e. The van der Waals surface area contributed by atoms with Gasteiger partial charge in [-0.15, -0.1) is 0 Å². The summed E-state index contributed by atoms with van der Waals surface area (Å²) in [7, 11) is 0. The predicted octanol–water partition coefficient (Wildman–Crippen LogP) is 1.09. The van der Waals surface area contributed by atoms with Crippen molar-refractivity contribution in [2.75, 3.05) is 19.6 Å². The topological polar surface area (TPSA) is 102 Å². The number of nitrogens with zero attached hydrogens (tertiary/aromatic N) is 1. The van der Waals surface area contributed by atoms with Gasteiger partial charge in [0.05, 0.1) is 12.2 Å². The molecule has 2 aliphatic heterocycles. The average molecular weight is 424 g/mol. The number of carbonyl (C=O) groups excluding carboxylic acids is 2. The van der Waals surface area contributed by atoms with Gasteiger partial charge in [0.25, 0.3) is 11.8 Å². The molecule has 2 heterocycles. The van der Waals surface area contributed by atoms with Gasteiger partial charge in [0.1, 0.15) is 0 Å². The number of aliphatic hydroxyl groups excluding tert-OH is 2. The molecule has 2 aromatic carbocycles. The van der Waals surface area contributed by atoms with Crippen LogP contribution in [-0.4, -0.2) is 64.8 Å². The largest absolute Gasteiger partial charge is 0.393 e. The maximum atomic E-state index is 12.6. The van der Waals surface area contributed by atoms with Gasteiger partial charge >= 0.3 is 0 Å². The zero-order valence-electron chi connectivity index (χ0n) is 17.5. The van der Waals surface area contributed by atoms with Crippen LogP contribution >= 0.6 is 0 Å². The van der Waals surface area contributed by atoms with Gasteiger partial charge in [-0.05, 0) is 54.7 Å². The molecule has 2 amide bonds. The van der Waals surface area contributed by atoms with Crippen molar-refractivity contribution >= 4 is 11.8 Å². The van der Waals surface area contributed by atoms with Gasteiger partial charge in [-0.3, -0.25) is 9.59 Å². The molecule has 2 atom stereocenters. The van der Waals surface area contributed by atoms with Crippen LogP contribution in [-0.2, 0) is 13.0 Å². The highest BCUT2D eigenvalue weighted by atomic mass is 16.3. The Morgan fingerprint density at radius 1 is 1.03 bits per heavy atom. The molecule has 0 saturated carbocycles. The summed E-state index contributed by atoms with van der Waals surface area (Å²) < 4.78 is 0. The Hall–Kier alpha value is -2.74. The Morgan fingerprint density at radius 3 is 2.39 bits per heavy atom. The molecule has 4 N–H and O–H groups in total. The van der Waals surface area contributed by atoms with Gasteiger partial charge in [-0.2, -0.15) is 0 Å². The third-order valence-electron chi connectivity index (χ3n) is 6.19. The molecule has 4 rings (SSSR count). The number of carbonyl (C=O) groups is 2. The third kappa shape index (κ3) is 5.12. The highest BCUT2D eigenvalue weighted by Gasteiger charge is 2.25. The molecular weight excluding hydrogens is 394 g/mol. The summed E-state index contributed by atoms with van der Waals surface area (Å²) in [4.78, 5) is 26.8. The van der Waals surface area contributed by atoms with Gasteiger partial charge in [0, 0.05) is 43.3 Å². The molecule has 2 aliphatic rings. The standard InChI is InChI=1S/C24H29N3O4/c28-20-9-11-27(12-10-20)24(31)17-7-5-16(6-8-17)23(30)26-15-22(29)21-13-18-3-1-2-4-19(18)14-25-21/h1-8,20-22,25,28-29H,9-15H2,(H,26,30). The fourth-order valence-corrected chi connectivity index (χ4v) is 4.21. The molecule has 7 nitrogen and oxygen atoms in total. The lowest BCUT2D eigenvalue weighted by molar-refractivity contribution is 0.0546. The fourth-order valence-electron chi connectivity index (χ4n) is 4.21. The second kappa shape index (κ2) is 9.60. The zero-order valence-corrected chi connectivity index (χ0v) is 17.5. The molecular formula is C24H29N3O4. The lowest BCUT2D eigenvalue weighted by atomic mass is 9.93. The molecule has 7 heteroatoms. The first-order valence-corrected chi connectivity index (χ1v) is 10.8. The Bertz CT molecular complexity index is 923. The van der Waals surface area contributed by atoms with Crippen LogP contribution in [0.25, 0.3) is 0 Å². The van der Waals surface area contributed by atoms with Crippen LogP contribution in [0.2, 0.25) is 0 Å². The van der Waals surface area contributed by atoms with E-state index in [2.05, 4.69) is 22.8 Å². The lowest BCUT2D eigenvalue weighted by Crippen LogP contribution is -2.49. The van der Waals surface area contributed by atoms with E-state index in [1.807, 2.05) is 12.1 Å². The second-order valence-corrected chi connectivity index (χ2v) is 8.34. The van der Waals surface area contributed by atoms with E-state index >= 15 is 0 Å². The highest BCUT2D eigenvalue weighted by Crippen LogP contribution is 2.18. The van der Waals surface area contributed by atoms with E-state index in [-0.39, 0.29) is 30.5 Å². The van der Waals surface area contributed by atoms with Crippen molar-refractivity contribution in [3.63, 3.8) is 0 Å². The number of piperidine rings is 1. The number of hydrogen-bond donors (Lipinski definition) is 4. The maximum Gasteiger partial charge on any atom is 0.253 e. The minimum absolute atomic E-state index is 0.0852. The van der Waals surface area contributed by atoms with Crippen LogP contribution in [0, 0.1) is 0 Å². The third-order valence-corrected chi connectivity index (χ3v) is 6.19. The zero-order chi connectivity index (χ0) is 21.8. The summed E-state index contributed by atoms with van der Waals surface area (Å²) in [5.41, 5.74) is 3.43. The number of nitrogens with one attached hydrogen (secondary N) is 2. The van der Waals surface area contributed by atoms with Gasteiger partial charge in [-0.1, -0.05) is 24.3 Å². The minimum Gasteiger partial charge on any atom is -0.393 e. The van der Waals surface area contributed by atoms with Crippen molar-refractivity contribution in [2.45, 2.75) is 44.1 Å². The monoisotopic (exact) mass is 423 g/mol. The molecule has 31 heavy (non-hydrogen) atoms. The number of benzene rings is 2. The molecule has 0 spiro atoms. The Morgan fingerprint density at radius 2 is 1.68 bits per heavy atom. The van der Waals surface area contributed by atoms with E-state index in [1.165, 1.54) is 11.1 Å². The summed E-state index contributed by atoms with van der Waals surface area (Å²) in [5.74, 6) is -0.367. The molecule has 2 aromatic rings. The Labute approximate surface area is 182 Å². The molecule has 2 unspecified atom stereocenters. The van der Waals surface area contributed by atoms with E-state index in [9.17, 15) is 19.8 Å². The number of aliphatic hydroxyl groups is 2. The molecule has 0 bridgehead atoms. The predicted molar refractivity (Wildman–Crippen MR) is 117 cm³/mol. The summed E-state index contributed by atoms with van der Waals surface area (Å²) in [5, 5.41) is 26.2. The van der Waals surface area contributed by atoms with Gasteiger partial charge in [-0.25, -0.2) is 0 Å². The molecule has 1 saturated heterocycles. The molecule has 164 valence electrons. The van der Waals surface area contributed by atoms with Crippen molar-refractivity contribution in [3.05, 3.63) is 70.8 Å². The van der Waals surface area contributed by atoms with E-state index < -0.39 is 6.10 Å². The van der Waals surface area contributed by atoms with Gasteiger partial charge < -0.3 is 25.7 Å². The summed E-state index contributed by atoms with van der Waals surface area (Å²) in [6.45, 7) is 1.94. The second-order valence-electron chi connectivity index (χ2n) is 8.34. The van der Waals surface area contributed by atoms with E-state index in [4.69, 9.17) is 0 Å². The van der Waals surface area contributed by atoms with Gasteiger partial charge in [0.15, 0.2) is 0 Å². The Kier molecular flexibility index (Phi) is 6.65. The first kappa shape index (κ1) is 21.5. The maximum absolute atomic E-state index is 12.6. The summed E-state index contributed by atoms with van der Waals surface area (Å²) in [6.07, 6.45) is 0.875. The molecule has 1 fully saturated rings. The number of fused-ring (bicyclic) bond motifs is 1. The van der Waals surface area contributed by atoms with Crippen LogP contribution in [0.3, 0.4) is 0 Å². The van der Waals surface area contributed by atoms with E-state index in [0.29, 0.717) is 43.6 Å². The highest BCUT2D eigenvalue weighted by molar-refractivity contribution is 5.97. The van der Waals surface area contributed by atoms with Gasteiger partial charge in [0.2, 0.25) is 0 Å². The molecule has 0 aromatic heterocycles. The van der Waals surface area contributed by atoms with Crippen LogP contribution in [0.1, 0.15) is 44.7 Å². The fraction of sp³-hybridized carbons (Fsp3) is 0.417. The van der Waals surface area contributed by atoms with Crippen molar-refractivity contribution < 1.29 is 19.8 Å². The van der Waals surface area contributed by atoms with Crippen LogP contribution in [0.4, 0.5) is 0 Å².